The van der Waals surface area contributed by atoms with Gasteiger partial charge in [0, 0.05) is 30.3 Å². The summed E-state index contributed by atoms with van der Waals surface area (Å²) >= 11 is 1.55. The fourth-order valence-electron chi connectivity index (χ4n) is 3.88. The Labute approximate surface area is 179 Å². The summed E-state index contributed by atoms with van der Waals surface area (Å²) in [5, 5.41) is 5.00. The molecule has 2 atom stereocenters. The van der Waals surface area contributed by atoms with Crippen LogP contribution in [0, 0.1) is 0 Å². The van der Waals surface area contributed by atoms with E-state index in [4.69, 9.17) is 4.74 Å². The van der Waals surface area contributed by atoms with E-state index in [1.807, 2.05) is 53.9 Å². The Morgan fingerprint density at radius 3 is 2.73 bits per heavy atom. The fourth-order valence-corrected chi connectivity index (χ4v) is 4.75. The lowest BCUT2D eigenvalue weighted by atomic mass is 9.81. The first kappa shape index (κ1) is 20.3. The summed E-state index contributed by atoms with van der Waals surface area (Å²) in [5.74, 6) is -0.714. The molecule has 0 fully saturated rings. The normalized spacial score (nSPS) is 18.2. The van der Waals surface area contributed by atoms with Crippen molar-refractivity contribution in [1.82, 2.24) is 15.2 Å². The van der Waals surface area contributed by atoms with Gasteiger partial charge in [-0.15, -0.1) is 11.3 Å². The number of nitrogens with one attached hydrogen (secondary N) is 1. The third-order valence-electron chi connectivity index (χ3n) is 5.26. The van der Waals surface area contributed by atoms with Crippen molar-refractivity contribution in [1.29, 1.82) is 0 Å². The summed E-state index contributed by atoms with van der Waals surface area (Å²) in [7, 11) is 1.61. The van der Waals surface area contributed by atoms with Crippen molar-refractivity contribution in [3.05, 3.63) is 87.9 Å². The molecule has 30 heavy (non-hydrogen) atoms. The molecule has 4 rings (SSSR count). The molecule has 0 spiro atoms. The molecular weight excluding hydrogens is 398 g/mol. The van der Waals surface area contributed by atoms with Crippen molar-refractivity contribution in [2.75, 3.05) is 20.3 Å². The van der Waals surface area contributed by atoms with Gasteiger partial charge in [-0.2, -0.15) is 0 Å². The van der Waals surface area contributed by atoms with Crippen LogP contribution >= 0.6 is 11.3 Å². The average Bonchev–Trinajstić information content (AvgIpc) is 3.32. The molecule has 0 radical (unpaired) electrons. The topological polar surface area (TPSA) is 71.5 Å². The van der Waals surface area contributed by atoms with Gasteiger partial charge >= 0.3 is 0 Å². The number of aromatic nitrogens is 1. The second-order valence-electron chi connectivity index (χ2n) is 7.06. The maximum atomic E-state index is 13.5. The van der Waals surface area contributed by atoms with Crippen molar-refractivity contribution in [2.24, 2.45) is 0 Å². The molecule has 3 heterocycles. The van der Waals surface area contributed by atoms with Gasteiger partial charge < -0.3 is 15.0 Å². The second kappa shape index (κ2) is 9.19. The predicted molar refractivity (Wildman–Crippen MR) is 115 cm³/mol. The molecule has 0 saturated carbocycles. The molecule has 7 heteroatoms. The second-order valence-corrected chi connectivity index (χ2v) is 8.03. The summed E-state index contributed by atoms with van der Waals surface area (Å²) in [6.45, 7) is 1.15. The SMILES string of the molecule is COCCN1C(=O)c2ccccc2[C@H](C(=O)NCc2ccccn2)[C@@H]1c1cccs1. The Bertz CT molecular complexity index is 1010. The number of rotatable bonds is 7. The van der Waals surface area contributed by atoms with Gasteiger partial charge in [0.15, 0.2) is 0 Å². The van der Waals surface area contributed by atoms with Crippen molar-refractivity contribution in [2.45, 2.75) is 18.5 Å². The van der Waals surface area contributed by atoms with Crippen LogP contribution in [0.3, 0.4) is 0 Å². The van der Waals surface area contributed by atoms with Gasteiger partial charge in [-0.05, 0) is 35.2 Å². The molecule has 0 saturated heterocycles. The van der Waals surface area contributed by atoms with Crippen molar-refractivity contribution in [3.8, 4) is 0 Å². The van der Waals surface area contributed by atoms with Crippen LogP contribution in [0.25, 0.3) is 0 Å². The van der Waals surface area contributed by atoms with E-state index in [2.05, 4.69) is 10.3 Å². The molecule has 1 aliphatic heterocycles. The Kier molecular flexibility index (Phi) is 6.21. The summed E-state index contributed by atoms with van der Waals surface area (Å²) in [6.07, 6.45) is 1.71. The molecule has 1 N–H and O–H groups in total. The van der Waals surface area contributed by atoms with Gasteiger partial charge in [0.25, 0.3) is 5.91 Å². The highest BCUT2D eigenvalue weighted by atomic mass is 32.1. The van der Waals surface area contributed by atoms with E-state index in [1.54, 1.807) is 35.6 Å². The lowest BCUT2D eigenvalue weighted by molar-refractivity contribution is -0.124. The minimum Gasteiger partial charge on any atom is -0.383 e. The van der Waals surface area contributed by atoms with Gasteiger partial charge in [0.1, 0.15) is 0 Å². The highest BCUT2D eigenvalue weighted by Crippen LogP contribution is 2.44. The molecule has 0 bridgehead atoms. The lowest BCUT2D eigenvalue weighted by Crippen LogP contribution is -2.48. The monoisotopic (exact) mass is 421 g/mol. The van der Waals surface area contributed by atoms with Crippen LogP contribution in [0.4, 0.5) is 0 Å². The summed E-state index contributed by atoms with van der Waals surface area (Å²) in [4.78, 5) is 33.8. The minimum absolute atomic E-state index is 0.0742. The molecule has 0 unspecified atom stereocenters. The number of amides is 2. The number of pyridine rings is 1. The number of methoxy groups -OCH3 is 1. The van der Waals surface area contributed by atoms with Crippen LogP contribution in [-0.4, -0.2) is 42.0 Å². The predicted octanol–water partition coefficient (Wildman–Crippen LogP) is 3.39. The molecule has 154 valence electrons. The highest BCUT2D eigenvalue weighted by Gasteiger charge is 2.44. The van der Waals surface area contributed by atoms with Crippen molar-refractivity contribution >= 4 is 23.2 Å². The summed E-state index contributed by atoms with van der Waals surface area (Å²) in [5.41, 5.74) is 2.11. The molecule has 6 nitrogen and oxygen atoms in total. The van der Waals surface area contributed by atoms with E-state index in [1.165, 1.54) is 0 Å². The zero-order valence-corrected chi connectivity index (χ0v) is 17.5. The molecular formula is C23H23N3O3S. The third-order valence-corrected chi connectivity index (χ3v) is 6.20. The number of nitrogens with zero attached hydrogens (tertiary/aromatic N) is 2. The Morgan fingerprint density at radius 1 is 1.17 bits per heavy atom. The Hall–Kier alpha value is -3.03. The fraction of sp³-hybridized carbons (Fsp3) is 0.261. The van der Waals surface area contributed by atoms with E-state index < -0.39 is 5.92 Å². The molecule has 2 amide bonds. The number of fused-ring (bicyclic) bond motifs is 1. The molecule has 2 aromatic heterocycles. The van der Waals surface area contributed by atoms with Crippen LogP contribution in [-0.2, 0) is 16.1 Å². The largest absolute Gasteiger partial charge is 0.383 e. The van der Waals surface area contributed by atoms with Gasteiger partial charge in [0.05, 0.1) is 30.8 Å². The smallest absolute Gasteiger partial charge is 0.254 e. The number of hydrogen-bond acceptors (Lipinski definition) is 5. The minimum atomic E-state index is -0.516. The van der Waals surface area contributed by atoms with Crippen LogP contribution in [0.5, 0.6) is 0 Å². The van der Waals surface area contributed by atoms with Crippen LogP contribution < -0.4 is 5.32 Å². The number of thiophene rings is 1. The summed E-state index contributed by atoms with van der Waals surface area (Å²) < 4.78 is 5.25. The van der Waals surface area contributed by atoms with Gasteiger partial charge in [0.2, 0.25) is 5.91 Å². The maximum Gasteiger partial charge on any atom is 0.254 e. The maximum absolute atomic E-state index is 13.5. The summed E-state index contributed by atoms with van der Waals surface area (Å²) in [6, 6.07) is 16.5. The lowest BCUT2D eigenvalue weighted by Gasteiger charge is -2.41. The van der Waals surface area contributed by atoms with Gasteiger partial charge in [-0.3, -0.25) is 14.6 Å². The molecule has 1 aromatic carbocycles. The first-order chi connectivity index (χ1) is 14.7. The number of carbonyl (C=O) groups is 2. The zero-order valence-electron chi connectivity index (χ0n) is 16.7. The van der Waals surface area contributed by atoms with E-state index in [-0.39, 0.29) is 17.9 Å². The molecule has 3 aromatic rings. The van der Waals surface area contributed by atoms with Crippen LogP contribution in [0.1, 0.15) is 38.5 Å². The number of hydrogen-bond donors (Lipinski definition) is 1. The first-order valence-electron chi connectivity index (χ1n) is 9.80. The Balaban J connectivity index is 1.72. The van der Waals surface area contributed by atoms with Gasteiger partial charge in [-0.25, -0.2) is 0 Å². The van der Waals surface area contributed by atoms with Gasteiger partial charge in [-0.1, -0.05) is 30.3 Å². The molecule has 1 aliphatic rings. The number of benzene rings is 1. The quantitative estimate of drug-likeness (QED) is 0.635. The van der Waals surface area contributed by atoms with Crippen molar-refractivity contribution < 1.29 is 14.3 Å². The third kappa shape index (κ3) is 3.99. The highest BCUT2D eigenvalue weighted by molar-refractivity contribution is 7.10. The van der Waals surface area contributed by atoms with Crippen LogP contribution in [0.15, 0.2) is 66.2 Å². The Morgan fingerprint density at radius 2 is 2.00 bits per heavy atom. The zero-order chi connectivity index (χ0) is 20.9. The number of ether oxygens (including phenoxy) is 1. The van der Waals surface area contributed by atoms with Crippen molar-refractivity contribution in [3.63, 3.8) is 0 Å². The van der Waals surface area contributed by atoms with E-state index in [0.717, 1.165) is 16.1 Å². The number of carbonyl (C=O) groups excluding carboxylic acids is 2. The van der Waals surface area contributed by atoms with E-state index in [9.17, 15) is 9.59 Å². The standard InChI is InChI=1S/C23H23N3O3S/c1-29-13-12-26-21(19-10-6-14-30-19)20(17-8-2-3-9-18(17)23(26)28)22(27)25-15-16-7-4-5-11-24-16/h2-11,14,20-21H,12-13,15H2,1H3,(H,25,27)/t20-,21-/m0/s1. The molecule has 0 aliphatic carbocycles. The van der Waals surface area contributed by atoms with Crippen LogP contribution in [0.2, 0.25) is 0 Å². The average molecular weight is 422 g/mol. The van der Waals surface area contributed by atoms with E-state index in [0.29, 0.717) is 25.3 Å². The van der Waals surface area contributed by atoms with E-state index >= 15 is 0 Å². The first-order valence-corrected chi connectivity index (χ1v) is 10.7.